The highest BCUT2D eigenvalue weighted by atomic mass is 32.3. The monoisotopic (exact) mass is 713 g/mol. The minimum atomic E-state index is -5.29. The first kappa shape index (κ1) is 36.1. The van der Waals surface area contributed by atoms with Crippen LogP contribution in [0.1, 0.15) is 19.5 Å². The lowest BCUT2D eigenvalue weighted by molar-refractivity contribution is -0.753. The first-order chi connectivity index (χ1) is 22.4. The second kappa shape index (κ2) is 14.2. The van der Waals surface area contributed by atoms with Gasteiger partial charge >= 0.3 is 5.97 Å². The number of nitrogens with zero attached hydrogens (tertiary/aromatic N) is 5. The number of carbonyl (C=O) groups excluding carboxylic acids is 2. The number of anilines is 1. The van der Waals surface area contributed by atoms with Crippen LogP contribution in [0.4, 0.5) is 9.52 Å². The zero-order valence-electron chi connectivity index (χ0n) is 25.6. The van der Waals surface area contributed by atoms with Gasteiger partial charge in [-0.15, -0.1) is 16.0 Å². The maximum atomic E-state index is 15.1. The summed E-state index contributed by atoms with van der Waals surface area (Å²) in [4.78, 5) is 46.7. The predicted molar refractivity (Wildman–Crippen MR) is 163 cm³/mol. The third kappa shape index (κ3) is 8.21. The van der Waals surface area contributed by atoms with Crippen molar-refractivity contribution >= 4 is 50.4 Å². The number of nitrogens with one attached hydrogen (secondary N) is 1. The SMILES string of the molecule is C[n+]1cc(-c2ccc(OC[C@H](O/N=C(\C(=O)NC3C(=O)N(OS(=O)(=O)[O-])C3(C)C)c3csc(N)n3)C(=O)O)cc2F)cn1CC(N)CN. The Kier molecular flexibility index (Phi) is 10.7. The summed E-state index contributed by atoms with van der Waals surface area (Å²) < 4.78 is 61.1. The number of halogens is 1. The number of aromatic nitrogens is 3. The van der Waals surface area contributed by atoms with E-state index >= 15 is 4.39 Å². The fourth-order valence-corrected chi connectivity index (χ4v) is 5.46. The van der Waals surface area contributed by atoms with E-state index in [2.05, 4.69) is 19.7 Å². The molecule has 2 aromatic heterocycles. The molecule has 1 aliphatic rings. The van der Waals surface area contributed by atoms with E-state index in [1.54, 1.807) is 28.8 Å². The molecule has 1 aliphatic heterocycles. The fraction of sp³-hybridized carbons (Fsp3) is 0.385. The van der Waals surface area contributed by atoms with Crippen LogP contribution in [0.15, 0.2) is 41.1 Å². The maximum absolute atomic E-state index is 15.1. The summed E-state index contributed by atoms with van der Waals surface area (Å²) in [5, 5.41) is 17.3. The summed E-state index contributed by atoms with van der Waals surface area (Å²) >= 11 is 0.914. The van der Waals surface area contributed by atoms with Crippen molar-refractivity contribution in [2.24, 2.45) is 23.7 Å². The molecule has 48 heavy (non-hydrogen) atoms. The Bertz CT molecular complexity index is 1850. The lowest BCUT2D eigenvalue weighted by Crippen LogP contribution is -2.76. The number of nitrogens with two attached hydrogens (primary N) is 3. The van der Waals surface area contributed by atoms with Crippen molar-refractivity contribution in [1.82, 2.24) is 20.0 Å². The average Bonchev–Trinajstić information content (AvgIpc) is 3.59. The van der Waals surface area contributed by atoms with E-state index < -0.39 is 64.0 Å². The number of aliphatic carboxylic acids is 1. The molecule has 3 heterocycles. The average molecular weight is 714 g/mol. The number of benzene rings is 1. The van der Waals surface area contributed by atoms with E-state index in [0.29, 0.717) is 12.1 Å². The predicted octanol–water partition coefficient (Wildman–Crippen LogP) is -1.81. The minimum absolute atomic E-state index is 0.0128. The van der Waals surface area contributed by atoms with Gasteiger partial charge in [-0.05, 0) is 26.0 Å². The van der Waals surface area contributed by atoms with Crippen LogP contribution >= 0.6 is 11.3 Å². The Morgan fingerprint density at radius 3 is 2.62 bits per heavy atom. The van der Waals surface area contributed by atoms with Crippen LogP contribution in [0, 0.1) is 5.82 Å². The van der Waals surface area contributed by atoms with E-state index in [1.807, 2.05) is 0 Å². The van der Waals surface area contributed by atoms with Gasteiger partial charge in [-0.1, -0.05) is 5.16 Å². The van der Waals surface area contributed by atoms with Gasteiger partial charge in [-0.25, -0.2) is 22.6 Å². The molecule has 0 spiro atoms. The summed E-state index contributed by atoms with van der Waals surface area (Å²) in [7, 11) is -3.53. The van der Waals surface area contributed by atoms with Crippen molar-refractivity contribution in [3.05, 3.63) is 47.5 Å². The Morgan fingerprint density at radius 2 is 2.06 bits per heavy atom. The zero-order chi connectivity index (χ0) is 35.6. The van der Waals surface area contributed by atoms with Gasteiger partial charge in [0.05, 0.1) is 23.8 Å². The maximum Gasteiger partial charge on any atom is 0.351 e. The number of ether oxygens (including phenoxy) is 1. The van der Waals surface area contributed by atoms with E-state index in [0.717, 1.165) is 17.4 Å². The third-order valence-corrected chi connectivity index (χ3v) is 8.05. The van der Waals surface area contributed by atoms with Crippen molar-refractivity contribution in [2.75, 3.05) is 18.9 Å². The molecule has 260 valence electrons. The number of oxime groups is 1. The number of rotatable bonds is 15. The van der Waals surface area contributed by atoms with Crippen LogP contribution in [0.5, 0.6) is 5.75 Å². The van der Waals surface area contributed by atoms with Crippen molar-refractivity contribution in [1.29, 1.82) is 0 Å². The molecule has 0 bridgehead atoms. The summed E-state index contributed by atoms with van der Waals surface area (Å²) in [5.74, 6) is -4.41. The topological polar surface area (TPSA) is 284 Å². The Morgan fingerprint density at radius 1 is 1.35 bits per heavy atom. The van der Waals surface area contributed by atoms with Crippen LogP contribution in [0.3, 0.4) is 0 Å². The first-order valence-corrected chi connectivity index (χ1v) is 16.0. The number of aryl methyl sites for hydroxylation is 1. The molecule has 1 fully saturated rings. The summed E-state index contributed by atoms with van der Waals surface area (Å²) in [5.41, 5.74) is 15.7. The molecule has 3 aromatic rings. The van der Waals surface area contributed by atoms with Gasteiger partial charge in [-0.2, -0.15) is 14.0 Å². The number of carbonyl (C=O) groups is 3. The van der Waals surface area contributed by atoms with Crippen molar-refractivity contribution < 1.29 is 55.4 Å². The van der Waals surface area contributed by atoms with E-state index in [1.165, 1.54) is 31.4 Å². The van der Waals surface area contributed by atoms with Crippen LogP contribution in [0.25, 0.3) is 11.1 Å². The molecule has 0 aliphatic carbocycles. The highest BCUT2D eigenvalue weighted by molar-refractivity contribution is 7.80. The van der Waals surface area contributed by atoms with Gasteiger partial charge in [0, 0.05) is 29.6 Å². The number of carboxylic acids is 1. The number of hydrogen-bond donors (Lipinski definition) is 5. The van der Waals surface area contributed by atoms with Gasteiger partial charge in [0.25, 0.3) is 17.9 Å². The van der Waals surface area contributed by atoms with Crippen LogP contribution < -0.4 is 31.9 Å². The Balaban J connectivity index is 1.47. The summed E-state index contributed by atoms with van der Waals surface area (Å²) in [6.45, 7) is 2.61. The normalized spacial score (nSPS) is 17.4. The number of hydroxylamine groups is 2. The van der Waals surface area contributed by atoms with Gasteiger partial charge < -0.3 is 41.8 Å². The third-order valence-electron chi connectivity index (χ3n) is 7.04. The highest BCUT2D eigenvalue weighted by Gasteiger charge is 2.57. The van der Waals surface area contributed by atoms with E-state index in [9.17, 15) is 32.5 Å². The standard InChI is InChI=1S/C26H32FN9O10S2/c1-26(2)21(23(38)36(26)46-48(41,42)43)32-22(37)20(18-12-47-25(30)31-18)33-45-19(24(39)40)11-44-15-4-5-16(17(27)6-15)13-8-34(3)35(9-13)10-14(29)7-28/h4-6,8-9,12,14,19,21H,7,10-11,28-29H2,1-3H3,(H4-,30,31,32,37,39,40,41,42,43)/b33-20-/t14?,19-,21?/m0/s1. The number of hydrogen-bond acceptors (Lipinski definition) is 15. The molecule has 2 amide bonds. The Hall–Kier alpha value is -4.74. The number of nitrogen functional groups attached to an aromatic ring is 1. The van der Waals surface area contributed by atoms with Crippen LogP contribution in [0.2, 0.25) is 0 Å². The second-order valence-electron chi connectivity index (χ2n) is 11.0. The van der Waals surface area contributed by atoms with E-state index in [-0.39, 0.29) is 39.8 Å². The number of carboxylic acid groups (broad SMARTS) is 1. The van der Waals surface area contributed by atoms with E-state index in [4.69, 9.17) is 26.8 Å². The number of thiazole rings is 1. The van der Waals surface area contributed by atoms with Gasteiger partial charge in [0.15, 0.2) is 17.9 Å². The number of β-lactam (4-membered cyclic amide) rings is 1. The zero-order valence-corrected chi connectivity index (χ0v) is 27.2. The minimum Gasteiger partial charge on any atom is -0.724 e. The molecule has 0 saturated carbocycles. The second-order valence-corrected chi connectivity index (χ2v) is 12.8. The fourth-order valence-electron chi connectivity index (χ4n) is 4.47. The molecule has 19 nitrogen and oxygen atoms in total. The van der Waals surface area contributed by atoms with Gasteiger partial charge in [0.1, 0.15) is 29.9 Å². The molecule has 2 unspecified atom stereocenters. The van der Waals surface area contributed by atoms with Crippen LogP contribution in [-0.2, 0) is 47.5 Å². The van der Waals surface area contributed by atoms with Crippen molar-refractivity contribution in [2.45, 2.75) is 44.1 Å². The molecule has 1 aromatic carbocycles. The lowest BCUT2D eigenvalue weighted by Gasteiger charge is -2.51. The van der Waals surface area contributed by atoms with Crippen LogP contribution in [-0.4, -0.2) is 93.2 Å². The molecule has 3 atom stereocenters. The molecule has 8 N–H and O–H groups in total. The molecule has 1 saturated heterocycles. The Labute approximate surface area is 276 Å². The van der Waals surface area contributed by atoms with Crippen molar-refractivity contribution in [3.63, 3.8) is 0 Å². The number of amides is 2. The molecule has 0 radical (unpaired) electrons. The molecular weight excluding hydrogens is 681 g/mol. The highest BCUT2D eigenvalue weighted by Crippen LogP contribution is 2.33. The van der Waals surface area contributed by atoms with Crippen molar-refractivity contribution in [3.8, 4) is 16.9 Å². The summed E-state index contributed by atoms with van der Waals surface area (Å²) in [6.07, 6.45) is 1.58. The lowest BCUT2D eigenvalue weighted by atomic mass is 9.84. The summed E-state index contributed by atoms with van der Waals surface area (Å²) in [6, 6.07) is 2.23. The largest absolute Gasteiger partial charge is 0.724 e. The smallest absolute Gasteiger partial charge is 0.351 e. The quantitative estimate of drug-likeness (QED) is 0.0290. The first-order valence-electron chi connectivity index (χ1n) is 13.8. The van der Waals surface area contributed by atoms with Gasteiger partial charge in [0.2, 0.25) is 16.6 Å². The van der Waals surface area contributed by atoms with Gasteiger partial charge in [-0.3, -0.25) is 9.59 Å². The molecule has 22 heteroatoms. The molecule has 4 rings (SSSR count). The molecular formula is C26H32FN9O10S2.